The molecule has 1 fully saturated rings. The van der Waals surface area contributed by atoms with Gasteiger partial charge in [0.2, 0.25) is 5.95 Å². The van der Waals surface area contributed by atoms with Crippen LogP contribution in [0.25, 0.3) is 11.0 Å². The maximum Gasteiger partial charge on any atom is 0.231 e. The van der Waals surface area contributed by atoms with E-state index in [-0.39, 0.29) is 0 Å². The molecule has 7 nitrogen and oxygen atoms in total. The van der Waals surface area contributed by atoms with Crippen molar-refractivity contribution >= 4 is 28.5 Å². The summed E-state index contributed by atoms with van der Waals surface area (Å²) >= 11 is 0. The number of fused-ring (bicyclic) bond motifs is 1. The normalized spacial score (nSPS) is 16.6. The minimum Gasteiger partial charge on any atom is -0.367 e. The van der Waals surface area contributed by atoms with Crippen LogP contribution in [-0.2, 0) is 0 Å². The molecule has 1 atom stereocenters. The summed E-state index contributed by atoms with van der Waals surface area (Å²) < 4.78 is 2.00. The summed E-state index contributed by atoms with van der Waals surface area (Å²) in [4.78, 5) is 12.7. The average Bonchev–Trinajstić information content (AvgIpc) is 3.30. The molecule has 0 aromatic carbocycles. The Kier molecular flexibility index (Phi) is 5.24. The summed E-state index contributed by atoms with van der Waals surface area (Å²) in [7, 11) is 0. The second kappa shape index (κ2) is 7.81. The van der Waals surface area contributed by atoms with Crippen LogP contribution < -0.4 is 10.6 Å². The summed E-state index contributed by atoms with van der Waals surface area (Å²) in [6, 6.07) is 2.75. The van der Waals surface area contributed by atoms with E-state index < -0.39 is 0 Å². The lowest BCUT2D eigenvalue weighted by molar-refractivity contribution is 0.328. The highest BCUT2D eigenvalue weighted by Crippen LogP contribution is 2.30. The Morgan fingerprint density at radius 1 is 1.14 bits per heavy atom. The Morgan fingerprint density at radius 2 is 1.93 bits per heavy atom. The fourth-order valence-corrected chi connectivity index (χ4v) is 4.26. The van der Waals surface area contributed by atoms with Crippen LogP contribution in [0.2, 0.25) is 0 Å². The summed E-state index contributed by atoms with van der Waals surface area (Å²) in [5.74, 6) is 2.18. The average molecular weight is 382 g/mol. The lowest BCUT2D eigenvalue weighted by Crippen LogP contribution is -2.28. The Hall–Kier alpha value is -2.57. The Bertz CT molecular complexity index is 934. The van der Waals surface area contributed by atoms with Gasteiger partial charge in [0.15, 0.2) is 0 Å². The van der Waals surface area contributed by atoms with Crippen LogP contribution in [0, 0.1) is 12.8 Å². The van der Waals surface area contributed by atoms with E-state index >= 15 is 0 Å². The van der Waals surface area contributed by atoms with Gasteiger partial charge in [0.05, 0.1) is 23.0 Å². The number of hydrogen-bond acceptors (Lipinski definition) is 5. The molecular weight excluding hydrogens is 350 g/mol. The maximum atomic E-state index is 4.81. The lowest BCUT2D eigenvalue weighted by Gasteiger charge is -2.28. The number of rotatable bonds is 6. The number of nitrogens with one attached hydrogen (secondary N) is 3. The van der Waals surface area contributed by atoms with E-state index in [0.29, 0.717) is 23.9 Å². The predicted molar refractivity (Wildman–Crippen MR) is 114 cm³/mol. The van der Waals surface area contributed by atoms with Gasteiger partial charge in [-0.25, -0.2) is 0 Å². The molecule has 1 saturated carbocycles. The molecule has 0 spiro atoms. The van der Waals surface area contributed by atoms with E-state index in [0.717, 1.165) is 28.2 Å². The topological polar surface area (TPSA) is 83.4 Å². The quantitative estimate of drug-likeness (QED) is 0.549. The predicted octanol–water partition coefficient (Wildman–Crippen LogP) is 5.17. The van der Waals surface area contributed by atoms with Crippen molar-refractivity contribution in [2.75, 3.05) is 10.6 Å². The van der Waals surface area contributed by atoms with Gasteiger partial charge in [-0.1, -0.05) is 19.3 Å². The molecule has 0 amide bonds. The van der Waals surface area contributed by atoms with Crippen molar-refractivity contribution in [3.05, 3.63) is 24.2 Å². The second-order valence-corrected chi connectivity index (χ2v) is 8.27. The van der Waals surface area contributed by atoms with E-state index in [1.165, 1.54) is 32.1 Å². The highest BCUT2D eigenvalue weighted by atomic mass is 15.3. The number of anilines is 3. The second-order valence-electron chi connectivity index (χ2n) is 8.27. The molecule has 3 aromatic heterocycles. The number of aromatic nitrogens is 5. The highest BCUT2D eigenvalue weighted by molar-refractivity contribution is 5.88. The van der Waals surface area contributed by atoms with Gasteiger partial charge < -0.3 is 15.6 Å². The smallest absolute Gasteiger partial charge is 0.231 e. The van der Waals surface area contributed by atoms with Crippen molar-refractivity contribution in [3.8, 4) is 0 Å². The summed E-state index contributed by atoms with van der Waals surface area (Å²) in [5, 5.41) is 12.5. The highest BCUT2D eigenvalue weighted by Gasteiger charge is 2.21. The van der Waals surface area contributed by atoms with Crippen LogP contribution in [0.3, 0.4) is 0 Å². The zero-order chi connectivity index (χ0) is 19.7. The van der Waals surface area contributed by atoms with Crippen LogP contribution in [0.15, 0.2) is 18.5 Å². The molecular formula is C21H31N7. The van der Waals surface area contributed by atoms with E-state index in [9.17, 15) is 0 Å². The molecule has 3 aromatic rings. The van der Waals surface area contributed by atoms with Crippen LogP contribution >= 0.6 is 0 Å². The Labute approximate surface area is 166 Å². The molecule has 0 bridgehead atoms. The number of aromatic amines is 1. The van der Waals surface area contributed by atoms with Gasteiger partial charge >= 0.3 is 0 Å². The van der Waals surface area contributed by atoms with Crippen molar-refractivity contribution in [3.63, 3.8) is 0 Å². The first-order valence-electron chi connectivity index (χ1n) is 10.5. The Balaban J connectivity index is 1.60. The van der Waals surface area contributed by atoms with Gasteiger partial charge in [-0.2, -0.15) is 15.1 Å². The Morgan fingerprint density at radius 3 is 2.64 bits per heavy atom. The van der Waals surface area contributed by atoms with Crippen molar-refractivity contribution in [2.45, 2.75) is 71.9 Å². The molecule has 3 heterocycles. The van der Waals surface area contributed by atoms with E-state index in [4.69, 9.17) is 4.98 Å². The molecule has 150 valence electrons. The van der Waals surface area contributed by atoms with Crippen molar-refractivity contribution in [1.82, 2.24) is 24.7 Å². The van der Waals surface area contributed by atoms with Crippen molar-refractivity contribution < 1.29 is 0 Å². The lowest BCUT2D eigenvalue weighted by atomic mass is 9.84. The van der Waals surface area contributed by atoms with Crippen LogP contribution in [0.5, 0.6) is 0 Å². The summed E-state index contributed by atoms with van der Waals surface area (Å²) in [6.07, 6.45) is 10.4. The van der Waals surface area contributed by atoms with E-state index in [1.807, 2.05) is 23.1 Å². The summed E-state index contributed by atoms with van der Waals surface area (Å²) in [6.45, 7) is 8.59. The van der Waals surface area contributed by atoms with Gasteiger partial charge in [0.1, 0.15) is 11.5 Å². The van der Waals surface area contributed by atoms with Crippen molar-refractivity contribution in [1.29, 1.82) is 0 Å². The van der Waals surface area contributed by atoms with Crippen LogP contribution in [0.4, 0.5) is 17.5 Å². The molecule has 0 unspecified atom stereocenters. The third kappa shape index (κ3) is 3.70. The SMILES string of the molecule is Cc1c(Nc2nc(N[C@H](C)C3CCCCC3)c3cc[nH]c3n2)cnn1C(C)C. The largest absolute Gasteiger partial charge is 0.367 e. The third-order valence-corrected chi connectivity index (χ3v) is 5.92. The monoisotopic (exact) mass is 381 g/mol. The minimum atomic E-state index is 0.316. The molecule has 0 radical (unpaired) electrons. The molecule has 0 aliphatic heterocycles. The molecule has 7 heteroatoms. The zero-order valence-corrected chi connectivity index (χ0v) is 17.3. The van der Waals surface area contributed by atoms with Crippen LogP contribution in [0.1, 0.15) is 64.6 Å². The fraction of sp³-hybridized carbons (Fsp3) is 0.571. The van der Waals surface area contributed by atoms with Gasteiger partial charge in [0.25, 0.3) is 0 Å². The van der Waals surface area contributed by atoms with Gasteiger partial charge in [-0.3, -0.25) is 4.68 Å². The first-order chi connectivity index (χ1) is 13.5. The molecule has 3 N–H and O–H groups in total. The van der Waals surface area contributed by atoms with Gasteiger partial charge in [0, 0.05) is 18.3 Å². The molecule has 4 rings (SSSR count). The van der Waals surface area contributed by atoms with Gasteiger partial charge in [-0.15, -0.1) is 0 Å². The fourth-order valence-electron chi connectivity index (χ4n) is 4.26. The molecule has 0 saturated heterocycles. The molecule has 1 aliphatic rings. The van der Waals surface area contributed by atoms with E-state index in [1.54, 1.807) is 0 Å². The first-order valence-corrected chi connectivity index (χ1v) is 10.5. The standard InChI is InChI=1S/C21H31N7/c1-13(2)28-15(4)18(12-23-28)25-21-26-19-17(10-11-22-19)20(27-21)24-14(3)16-8-6-5-7-9-16/h10-14,16H,5-9H2,1-4H3,(H3,22,24,25,26,27)/t14-/m1/s1. The van der Waals surface area contributed by atoms with Gasteiger partial charge in [-0.05, 0) is 52.5 Å². The van der Waals surface area contributed by atoms with Crippen LogP contribution in [-0.4, -0.2) is 30.8 Å². The summed E-state index contributed by atoms with van der Waals surface area (Å²) in [5.41, 5.74) is 2.85. The zero-order valence-electron chi connectivity index (χ0n) is 17.3. The molecule has 28 heavy (non-hydrogen) atoms. The first kappa shape index (κ1) is 18.8. The number of H-pyrrole nitrogens is 1. The molecule has 1 aliphatic carbocycles. The van der Waals surface area contributed by atoms with E-state index in [2.05, 4.69) is 53.4 Å². The minimum absolute atomic E-state index is 0.316. The number of nitrogens with zero attached hydrogens (tertiary/aromatic N) is 4. The van der Waals surface area contributed by atoms with Crippen molar-refractivity contribution in [2.24, 2.45) is 5.92 Å². The number of hydrogen-bond donors (Lipinski definition) is 3. The maximum absolute atomic E-state index is 4.81. The third-order valence-electron chi connectivity index (χ3n) is 5.92.